The van der Waals surface area contributed by atoms with Gasteiger partial charge in [0, 0.05) is 0 Å². The highest BCUT2D eigenvalue weighted by Gasteiger charge is 2.20. The van der Waals surface area contributed by atoms with E-state index >= 15 is 0 Å². The third-order valence-corrected chi connectivity index (χ3v) is 2.93. The second kappa shape index (κ2) is 6.21. The minimum atomic E-state index is -0.541. The fraction of sp³-hybridized carbons (Fsp3) is 0.286. The van der Waals surface area contributed by atoms with Gasteiger partial charge in [0.25, 0.3) is 0 Å². The second-order valence-electron chi connectivity index (χ2n) is 4.20. The molecule has 0 bridgehead atoms. The summed E-state index contributed by atoms with van der Waals surface area (Å²) in [6.07, 6.45) is 0. The van der Waals surface area contributed by atoms with Crippen molar-refractivity contribution in [2.45, 2.75) is 13.0 Å². The highest BCUT2D eigenvalue weighted by molar-refractivity contribution is 5.34. The largest absolute Gasteiger partial charge is 0.497 e. The Hall–Kier alpha value is -2.34. The van der Waals surface area contributed by atoms with Gasteiger partial charge in [-0.25, -0.2) is 0 Å². The summed E-state index contributed by atoms with van der Waals surface area (Å²) >= 11 is 0. The molecule has 0 saturated carbocycles. The van der Waals surface area contributed by atoms with Gasteiger partial charge in [-0.3, -0.25) is 10.1 Å². The van der Waals surface area contributed by atoms with Crippen molar-refractivity contribution in [1.82, 2.24) is 5.32 Å². The second-order valence-corrected chi connectivity index (χ2v) is 4.20. The number of nitrogens with zero attached hydrogens (tertiary/aromatic N) is 1. The van der Waals surface area contributed by atoms with E-state index in [4.69, 9.17) is 9.15 Å². The molecule has 1 N–H and O–H groups in total. The molecule has 0 fully saturated rings. The van der Waals surface area contributed by atoms with Crippen molar-refractivity contribution in [3.63, 3.8) is 0 Å². The molecular weight excluding hydrogens is 260 g/mol. The van der Waals surface area contributed by atoms with Crippen molar-refractivity contribution in [3.8, 4) is 5.75 Å². The van der Waals surface area contributed by atoms with Crippen LogP contribution in [0.15, 0.2) is 40.8 Å². The van der Waals surface area contributed by atoms with Gasteiger partial charge in [0.15, 0.2) is 0 Å². The van der Waals surface area contributed by atoms with Crippen molar-refractivity contribution in [3.05, 3.63) is 57.8 Å². The van der Waals surface area contributed by atoms with Crippen LogP contribution in [-0.2, 0) is 0 Å². The Morgan fingerprint density at radius 3 is 2.50 bits per heavy atom. The molecule has 1 aromatic carbocycles. The van der Waals surface area contributed by atoms with Crippen LogP contribution in [0, 0.1) is 10.1 Å². The first-order valence-electron chi connectivity index (χ1n) is 6.27. The molecule has 1 heterocycles. The normalized spacial score (nSPS) is 12.1. The van der Waals surface area contributed by atoms with E-state index in [0.717, 1.165) is 11.3 Å². The molecule has 0 amide bonds. The topological polar surface area (TPSA) is 77.5 Å². The predicted molar refractivity (Wildman–Crippen MR) is 73.9 cm³/mol. The van der Waals surface area contributed by atoms with Crippen LogP contribution in [0.5, 0.6) is 5.75 Å². The Morgan fingerprint density at radius 2 is 2.00 bits per heavy atom. The number of methoxy groups -OCH3 is 1. The zero-order valence-corrected chi connectivity index (χ0v) is 11.3. The van der Waals surface area contributed by atoms with Gasteiger partial charge in [-0.2, -0.15) is 0 Å². The van der Waals surface area contributed by atoms with Crippen molar-refractivity contribution < 1.29 is 14.1 Å². The third-order valence-electron chi connectivity index (χ3n) is 2.93. The number of ether oxygens (including phenoxy) is 1. The summed E-state index contributed by atoms with van der Waals surface area (Å²) in [5, 5.41) is 13.9. The number of benzene rings is 1. The van der Waals surface area contributed by atoms with Crippen molar-refractivity contribution in [2.24, 2.45) is 0 Å². The first kappa shape index (κ1) is 14.1. The van der Waals surface area contributed by atoms with Gasteiger partial charge in [0.1, 0.15) is 16.4 Å². The highest BCUT2D eigenvalue weighted by Crippen LogP contribution is 2.28. The molecule has 0 aliphatic heterocycles. The average Bonchev–Trinajstić information content (AvgIpc) is 2.95. The molecule has 2 rings (SSSR count). The lowest BCUT2D eigenvalue weighted by molar-refractivity contribution is -0.402. The molecule has 1 unspecified atom stereocenters. The lowest BCUT2D eigenvalue weighted by Crippen LogP contribution is -2.21. The van der Waals surface area contributed by atoms with E-state index in [9.17, 15) is 10.1 Å². The molecule has 0 spiro atoms. The predicted octanol–water partition coefficient (Wildman–Crippen LogP) is 2.90. The molecule has 1 aromatic heterocycles. The van der Waals surface area contributed by atoms with Gasteiger partial charge < -0.3 is 14.5 Å². The average molecular weight is 276 g/mol. The van der Waals surface area contributed by atoms with Crippen LogP contribution in [0.3, 0.4) is 0 Å². The van der Waals surface area contributed by atoms with E-state index in [1.165, 1.54) is 6.07 Å². The van der Waals surface area contributed by atoms with Gasteiger partial charge in [-0.1, -0.05) is 19.1 Å². The van der Waals surface area contributed by atoms with E-state index in [2.05, 4.69) is 5.32 Å². The standard InChI is InChI=1S/C14H16N2O4/c1-3-15-14(10-4-6-11(19-2)7-5-10)12-8-9-13(20-12)16(17)18/h4-9,14-15H,3H2,1-2H3. The fourth-order valence-corrected chi connectivity index (χ4v) is 1.98. The Bertz CT molecular complexity index is 577. The fourth-order valence-electron chi connectivity index (χ4n) is 1.98. The summed E-state index contributed by atoms with van der Waals surface area (Å²) in [6, 6.07) is 10.3. The highest BCUT2D eigenvalue weighted by atomic mass is 16.6. The van der Waals surface area contributed by atoms with E-state index in [1.54, 1.807) is 13.2 Å². The monoisotopic (exact) mass is 276 g/mol. The van der Waals surface area contributed by atoms with Crippen LogP contribution in [0.4, 0.5) is 5.88 Å². The van der Waals surface area contributed by atoms with Gasteiger partial charge >= 0.3 is 5.88 Å². The van der Waals surface area contributed by atoms with Crippen LogP contribution < -0.4 is 10.1 Å². The summed E-state index contributed by atoms with van der Waals surface area (Å²) < 4.78 is 10.4. The van der Waals surface area contributed by atoms with Gasteiger partial charge in [0.05, 0.1) is 19.2 Å². The molecule has 20 heavy (non-hydrogen) atoms. The molecule has 0 aliphatic rings. The summed E-state index contributed by atoms with van der Waals surface area (Å²) in [7, 11) is 1.60. The van der Waals surface area contributed by atoms with E-state index in [1.807, 2.05) is 31.2 Å². The summed E-state index contributed by atoms with van der Waals surface area (Å²) in [5.74, 6) is 1.02. The third kappa shape index (κ3) is 2.97. The maximum atomic E-state index is 10.7. The first-order chi connectivity index (χ1) is 9.65. The zero-order chi connectivity index (χ0) is 14.5. The van der Waals surface area contributed by atoms with Crippen LogP contribution >= 0.6 is 0 Å². The quantitative estimate of drug-likeness (QED) is 0.648. The number of nitrogens with one attached hydrogen (secondary N) is 1. The number of furan rings is 1. The van der Waals surface area contributed by atoms with Gasteiger partial charge in [0.2, 0.25) is 0 Å². The SMILES string of the molecule is CCNC(c1ccc(OC)cc1)c1ccc([N+](=O)[O-])o1. The smallest absolute Gasteiger partial charge is 0.433 e. The van der Waals surface area contributed by atoms with Crippen molar-refractivity contribution in [1.29, 1.82) is 0 Å². The van der Waals surface area contributed by atoms with Crippen LogP contribution in [0.25, 0.3) is 0 Å². The lowest BCUT2D eigenvalue weighted by Gasteiger charge is -2.16. The Morgan fingerprint density at radius 1 is 1.30 bits per heavy atom. The summed E-state index contributed by atoms with van der Waals surface area (Å²) in [4.78, 5) is 10.1. The Labute approximate surface area is 116 Å². The van der Waals surface area contributed by atoms with Crippen molar-refractivity contribution in [2.75, 3.05) is 13.7 Å². The van der Waals surface area contributed by atoms with Crippen LogP contribution in [-0.4, -0.2) is 18.6 Å². The lowest BCUT2D eigenvalue weighted by atomic mass is 10.0. The van der Waals surface area contributed by atoms with Gasteiger partial charge in [-0.05, 0) is 30.3 Å². The van der Waals surface area contributed by atoms with Gasteiger partial charge in [-0.15, -0.1) is 0 Å². The molecule has 2 aromatic rings. The zero-order valence-electron chi connectivity index (χ0n) is 11.3. The molecule has 0 aliphatic carbocycles. The minimum absolute atomic E-state index is 0.223. The Balaban J connectivity index is 2.30. The molecule has 0 saturated heterocycles. The summed E-state index contributed by atoms with van der Waals surface area (Å²) in [5.41, 5.74) is 0.955. The maximum absolute atomic E-state index is 10.7. The molecular formula is C14H16N2O4. The first-order valence-corrected chi connectivity index (χ1v) is 6.27. The van der Waals surface area contributed by atoms with Crippen LogP contribution in [0.1, 0.15) is 24.3 Å². The number of nitro groups is 1. The van der Waals surface area contributed by atoms with E-state index in [-0.39, 0.29) is 11.9 Å². The number of rotatable bonds is 6. The maximum Gasteiger partial charge on any atom is 0.433 e. The minimum Gasteiger partial charge on any atom is -0.497 e. The van der Waals surface area contributed by atoms with Crippen molar-refractivity contribution >= 4 is 5.88 Å². The molecule has 6 heteroatoms. The summed E-state index contributed by atoms with van der Waals surface area (Å²) in [6.45, 7) is 2.68. The molecule has 106 valence electrons. The van der Waals surface area contributed by atoms with Crippen LogP contribution in [0.2, 0.25) is 0 Å². The molecule has 6 nitrogen and oxygen atoms in total. The number of hydrogen-bond acceptors (Lipinski definition) is 5. The van der Waals surface area contributed by atoms with E-state index in [0.29, 0.717) is 12.3 Å². The Kier molecular flexibility index (Phi) is 4.37. The molecule has 0 radical (unpaired) electrons. The molecule has 1 atom stereocenters. The number of hydrogen-bond donors (Lipinski definition) is 1. The van der Waals surface area contributed by atoms with E-state index < -0.39 is 4.92 Å².